The number of ether oxygens (including phenoxy) is 3. The van der Waals surface area contributed by atoms with Crippen LogP contribution in [0.25, 0.3) is 0 Å². The van der Waals surface area contributed by atoms with Gasteiger partial charge < -0.3 is 14.2 Å². The number of carbonyl (C=O) groups excluding carboxylic acids is 3. The number of rotatable bonds is 70. The third-order valence-corrected chi connectivity index (χ3v) is 17.3. The molecule has 0 N–H and O–H groups in total. The number of allylic oxidation sites excluding steroid dienone is 2. The summed E-state index contributed by atoms with van der Waals surface area (Å²) in [4.78, 5) is 38.3. The number of esters is 3. The van der Waals surface area contributed by atoms with Gasteiger partial charge in [-0.1, -0.05) is 380 Å². The highest BCUT2D eigenvalue weighted by Gasteiger charge is 2.20. The molecule has 0 aliphatic heterocycles. The average molecular weight is 1140 g/mol. The quantitative estimate of drug-likeness (QED) is 0.0261. The minimum absolute atomic E-state index is 0.0617. The van der Waals surface area contributed by atoms with Crippen molar-refractivity contribution in [1.82, 2.24) is 0 Å². The van der Waals surface area contributed by atoms with E-state index in [2.05, 4.69) is 32.9 Å². The highest BCUT2D eigenvalue weighted by atomic mass is 16.6. The molecule has 0 aliphatic carbocycles. The summed E-state index contributed by atoms with van der Waals surface area (Å²) in [5.74, 6) is -0.828. The van der Waals surface area contributed by atoms with Gasteiger partial charge >= 0.3 is 17.9 Å². The minimum atomic E-state index is -0.763. The Morgan fingerprint density at radius 1 is 0.235 bits per heavy atom. The second kappa shape index (κ2) is 70.6. The lowest BCUT2D eigenvalue weighted by Crippen LogP contribution is -2.30. The van der Waals surface area contributed by atoms with Crippen LogP contribution in [0.3, 0.4) is 0 Å². The van der Waals surface area contributed by atoms with E-state index in [0.717, 1.165) is 57.8 Å². The van der Waals surface area contributed by atoms with Gasteiger partial charge in [-0.2, -0.15) is 0 Å². The zero-order valence-corrected chi connectivity index (χ0v) is 55.4. The van der Waals surface area contributed by atoms with Gasteiger partial charge in [0.2, 0.25) is 0 Å². The van der Waals surface area contributed by atoms with Gasteiger partial charge in [-0.25, -0.2) is 0 Å². The van der Waals surface area contributed by atoms with Crippen LogP contribution >= 0.6 is 0 Å². The van der Waals surface area contributed by atoms with Crippen LogP contribution in [0.1, 0.15) is 432 Å². The van der Waals surface area contributed by atoms with Crippen molar-refractivity contribution >= 4 is 17.9 Å². The molecule has 0 spiro atoms. The summed E-state index contributed by atoms with van der Waals surface area (Å²) in [6.07, 6.45) is 85.7. The second-order valence-electron chi connectivity index (χ2n) is 25.6. The molecule has 0 rings (SSSR count). The summed E-state index contributed by atoms with van der Waals surface area (Å²) in [5, 5.41) is 0. The first-order valence-corrected chi connectivity index (χ1v) is 37.2. The number of unbranched alkanes of at least 4 members (excludes halogenated alkanes) is 57. The standard InChI is InChI=1S/C75H144O6/c1-4-7-10-13-16-19-22-24-26-28-30-31-32-33-34-35-36-37-38-39-40-41-42-43-44-45-46-48-49-51-53-56-59-62-65-68-74(77)80-71-72(70-79-73(76)67-64-61-58-55-21-18-15-12-9-6-3)81-75(78)69-66-63-60-57-54-52-50-47-29-27-25-23-20-17-14-11-8-5-2/h28,30,72H,4-27,29,31-71H2,1-3H3/b30-28-. The molecule has 0 saturated heterocycles. The molecule has 0 fully saturated rings. The Balaban J connectivity index is 3.99. The Bertz CT molecular complexity index is 1260. The molecule has 6 nitrogen and oxygen atoms in total. The van der Waals surface area contributed by atoms with Crippen LogP contribution in [0.15, 0.2) is 12.2 Å². The Morgan fingerprint density at radius 3 is 0.617 bits per heavy atom. The van der Waals surface area contributed by atoms with Crippen molar-refractivity contribution < 1.29 is 28.6 Å². The normalized spacial score (nSPS) is 12.0. The molecule has 0 radical (unpaired) electrons. The molecule has 0 bridgehead atoms. The maximum absolute atomic E-state index is 12.9. The predicted molar refractivity (Wildman–Crippen MR) is 353 cm³/mol. The number of hydrogen-bond donors (Lipinski definition) is 0. The molecule has 0 heterocycles. The lowest BCUT2D eigenvalue weighted by Gasteiger charge is -2.18. The molecule has 0 aromatic heterocycles. The SMILES string of the molecule is CCCCCCCCCC/C=C\CCCCCCCCCCCCCCCCCCCCCCCCCC(=O)OCC(COC(=O)CCCCCCCCCCCC)OC(=O)CCCCCCCCCCCCCCCCCCCC. The topological polar surface area (TPSA) is 78.9 Å². The Labute approximate surface area is 507 Å². The van der Waals surface area contributed by atoms with Crippen molar-refractivity contribution in [3.63, 3.8) is 0 Å². The lowest BCUT2D eigenvalue weighted by atomic mass is 10.0. The average Bonchev–Trinajstić information content (AvgIpc) is 3.47. The van der Waals surface area contributed by atoms with Crippen LogP contribution in [0.2, 0.25) is 0 Å². The zero-order valence-electron chi connectivity index (χ0n) is 55.4. The van der Waals surface area contributed by atoms with Gasteiger partial charge in [-0.15, -0.1) is 0 Å². The largest absolute Gasteiger partial charge is 0.462 e. The van der Waals surface area contributed by atoms with E-state index >= 15 is 0 Å². The zero-order chi connectivity index (χ0) is 58.5. The smallest absolute Gasteiger partial charge is 0.306 e. The fourth-order valence-electron chi connectivity index (χ4n) is 11.7. The number of carbonyl (C=O) groups is 3. The summed E-state index contributed by atoms with van der Waals surface area (Å²) in [5.41, 5.74) is 0. The molecule has 0 aliphatic rings. The van der Waals surface area contributed by atoms with Gasteiger partial charge in [0.1, 0.15) is 13.2 Å². The van der Waals surface area contributed by atoms with E-state index in [1.807, 2.05) is 0 Å². The monoisotopic (exact) mass is 1140 g/mol. The van der Waals surface area contributed by atoms with E-state index in [1.165, 1.54) is 334 Å². The molecule has 0 amide bonds. The first kappa shape index (κ1) is 79.2. The van der Waals surface area contributed by atoms with Crippen LogP contribution in [0.4, 0.5) is 0 Å². The summed E-state index contributed by atoms with van der Waals surface area (Å²) in [6, 6.07) is 0. The third kappa shape index (κ3) is 68.8. The van der Waals surface area contributed by atoms with E-state index in [0.29, 0.717) is 19.3 Å². The fraction of sp³-hybridized carbons (Fsp3) is 0.933. The van der Waals surface area contributed by atoms with Crippen molar-refractivity contribution in [2.45, 2.75) is 438 Å². The molecule has 81 heavy (non-hydrogen) atoms. The van der Waals surface area contributed by atoms with Crippen molar-refractivity contribution in [3.8, 4) is 0 Å². The van der Waals surface area contributed by atoms with E-state index in [1.54, 1.807) is 0 Å². The number of hydrogen-bond acceptors (Lipinski definition) is 6. The Hall–Kier alpha value is -1.85. The van der Waals surface area contributed by atoms with Crippen molar-refractivity contribution in [2.75, 3.05) is 13.2 Å². The first-order chi connectivity index (χ1) is 40.0. The first-order valence-electron chi connectivity index (χ1n) is 37.2. The summed E-state index contributed by atoms with van der Waals surface area (Å²) < 4.78 is 17.0. The molecule has 0 aromatic rings. The summed E-state index contributed by atoms with van der Waals surface area (Å²) >= 11 is 0. The van der Waals surface area contributed by atoms with Crippen molar-refractivity contribution in [2.24, 2.45) is 0 Å². The molecule has 0 saturated carbocycles. The van der Waals surface area contributed by atoms with E-state index in [-0.39, 0.29) is 31.1 Å². The molecular formula is C75H144O6. The summed E-state index contributed by atoms with van der Waals surface area (Å²) in [6.45, 7) is 6.71. The van der Waals surface area contributed by atoms with E-state index in [4.69, 9.17) is 14.2 Å². The van der Waals surface area contributed by atoms with Crippen molar-refractivity contribution in [3.05, 3.63) is 12.2 Å². The minimum Gasteiger partial charge on any atom is -0.462 e. The van der Waals surface area contributed by atoms with Gasteiger partial charge in [0.25, 0.3) is 0 Å². The van der Waals surface area contributed by atoms with Crippen molar-refractivity contribution in [1.29, 1.82) is 0 Å². The van der Waals surface area contributed by atoms with E-state index < -0.39 is 6.10 Å². The van der Waals surface area contributed by atoms with Gasteiger partial charge in [-0.05, 0) is 44.9 Å². The van der Waals surface area contributed by atoms with Crippen LogP contribution in [0, 0.1) is 0 Å². The maximum Gasteiger partial charge on any atom is 0.306 e. The Morgan fingerprint density at radius 2 is 0.407 bits per heavy atom. The fourth-order valence-corrected chi connectivity index (χ4v) is 11.7. The van der Waals surface area contributed by atoms with Gasteiger partial charge in [0.05, 0.1) is 0 Å². The molecule has 1 atom stereocenters. The van der Waals surface area contributed by atoms with Crippen LogP contribution in [-0.4, -0.2) is 37.2 Å². The van der Waals surface area contributed by atoms with Crippen LogP contribution in [-0.2, 0) is 28.6 Å². The molecule has 1 unspecified atom stereocenters. The molecule has 480 valence electrons. The van der Waals surface area contributed by atoms with Crippen LogP contribution in [0.5, 0.6) is 0 Å². The molecule has 6 heteroatoms. The van der Waals surface area contributed by atoms with Gasteiger partial charge in [0, 0.05) is 19.3 Å². The highest BCUT2D eigenvalue weighted by molar-refractivity contribution is 5.71. The third-order valence-electron chi connectivity index (χ3n) is 17.3. The lowest BCUT2D eigenvalue weighted by molar-refractivity contribution is -0.167. The highest BCUT2D eigenvalue weighted by Crippen LogP contribution is 2.19. The molecule has 0 aromatic carbocycles. The van der Waals surface area contributed by atoms with Gasteiger partial charge in [0.15, 0.2) is 6.10 Å². The maximum atomic E-state index is 12.9. The summed E-state index contributed by atoms with van der Waals surface area (Å²) in [7, 11) is 0. The second-order valence-corrected chi connectivity index (χ2v) is 25.6. The van der Waals surface area contributed by atoms with Gasteiger partial charge in [-0.3, -0.25) is 14.4 Å². The predicted octanol–water partition coefficient (Wildman–Crippen LogP) is 25.6. The Kier molecular flexibility index (Phi) is 69.0. The van der Waals surface area contributed by atoms with Crippen LogP contribution < -0.4 is 0 Å². The molecular weight excluding hydrogens is 997 g/mol. The van der Waals surface area contributed by atoms with E-state index in [9.17, 15) is 14.4 Å².